The molecule has 1 amide bonds. The molecule has 2 heterocycles. The van der Waals surface area contributed by atoms with Crippen molar-refractivity contribution in [2.75, 3.05) is 19.0 Å². The van der Waals surface area contributed by atoms with E-state index in [9.17, 15) is 31.5 Å². The van der Waals surface area contributed by atoms with E-state index >= 15 is 0 Å². The van der Waals surface area contributed by atoms with Gasteiger partial charge in [0.25, 0.3) is 5.91 Å². The first-order valence-corrected chi connectivity index (χ1v) is 8.97. The van der Waals surface area contributed by atoms with Crippen molar-refractivity contribution in [1.29, 1.82) is 0 Å². The third kappa shape index (κ3) is 4.35. The number of aromatic nitrogens is 2. The number of hydrogen-bond donors (Lipinski definition) is 1. The molecule has 0 aliphatic rings. The minimum atomic E-state index is -4.73. The second kappa shape index (κ2) is 7.97. The summed E-state index contributed by atoms with van der Waals surface area (Å²) in [4.78, 5) is 31.2. The molecule has 0 saturated carbocycles. The number of nitrogens with zero attached hydrogens (tertiary/aromatic N) is 3. The highest BCUT2D eigenvalue weighted by atomic mass is 19.4. The molecule has 2 aromatic heterocycles. The molecule has 3 aromatic rings. The molecular formula is C20H17F5N4O2. The van der Waals surface area contributed by atoms with Crippen molar-refractivity contribution in [1.82, 2.24) is 14.9 Å². The molecule has 0 radical (unpaired) electrons. The zero-order valence-electron chi connectivity index (χ0n) is 16.6. The summed E-state index contributed by atoms with van der Waals surface area (Å²) in [5, 5.41) is 1.59. The minimum Gasteiger partial charge on any atom is -0.363 e. The Balaban J connectivity index is 2.28. The monoisotopic (exact) mass is 440 g/mol. The summed E-state index contributed by atoms with van der Waals surface area (Å²) in [6, 6.07) is 3.21. The molecule has 0 aliphatic heterocycles. The van der Waals surface area contributed by atoms with Gasteiger partial charge in [-0.2, -0.15) is 13.2 Å². The van der Waals surface area contributed by atoms with Gasteiger partial charge in [0.1, 0.15) is 29.1 Å². The number of carbonyl (C=O) groups is 1. The van der Waals surface area contributed by atoms with Gasteiger partial charge in [0.2, 0.25) is 5.43 Å². The van der Waals surface area contributed by atoms with Crippen molar-refractivity contribution in [3.63, 3.8) is 0 Å². The van der Waals surface area contributed by atoms with Crippen molar-refractivity contribution >= 4 is 22.8 Å². The first-order valence-electron chi connectivity index (χ1n) is 8.97. The first-order chi connectivity index (χ1) is 14.4. The SMILES string of the molecule is C[C@H](NC(=O)c1cn(-c2ccc(F)cc2F)c2nc(N(C)C)ccc2c1=O)C(F)(F)F. The summed E-state index contributed by atoms with van der Waals surface area (Å²) in [5.74, 6) is -2.77. The second-order valence-corrected chi connectivity index (χ2v) is 7.01. The number of pyridine rings is 2. The van der Waals surface area contributed by atoms with E-state index in [0.29, 0.717) is 11.9 Å². The average Bonchev–Trinajstić information content (AvgIpc) is 2.67. The molecule has 1 aromatic carbocycles. The highest BCUT2D eigenvalue weighted by Crippen LogP contribution is 2.23. The van der Waals surface area contributed by atoms with Crippen LogP contribution < -0.4 is 15.6 Å². The molecule has 31 heavy (non-hydrogen) atoms. The summed E-state index contributed by atoms with van der Waals surface area (Å²) in [7, 11) is 3.35. The lowest BCUT2D eigenvalue weighted by molar-refractivity contribution is -0.149. The van der Waals surface area contributed by atoms with E-state index in [4.69, 9.17) is 0 Å². The molecule has 0 saturated heterocycles. The van der Waals surface area contributed by atoms with E-state index in [1.54, 1.807) is 24.3 Å². The predicted molar refractivity (Wildman–Crippen MR) is 105 cm³/mol. The smallest absolute Gasteiger partial charge is 0.363 e. The van der Waals surface area contributed by atoms with Crippen LogP contribution in [0.4, 0.5) is 27.8 Å². The Morgan fingerprint density at radius 2 is 1.84 bits per heavy atom. The number of halogens is 5. The molecule has 3 rings (SSSR count). The van der Waals surface area contributed by atoms with Gasteiger partial charge in [-0.25, -0.2) is 13.8 Å². The van der Waals surface area contributed by atoms with Gasteiger partial charge in [-0.1, -0.05) is 0 Å². The Labute approximate surface area is 172 Å². The molecule has 0 bridgehead atoms. The molecule has 0 spiro atoms. The van der Waals surface area contributed by atoms with Gasteiger partial charge < -0.3 is 10.2 Å². The zero-order chi connectivity index (χ0) is 23.1. The number of anilines is 1. The number of hydrogen-bond acceptors (Lipinski definition) is 4. The fourth-order valence-electron chi connectivity index (χ4n) is 2.82. The molecule has 1 N–H and O–H groups in total. The van der Waals surface area contributed by atoms with Gasteiger partial charge >= 0.3 is 6.18 Å². The lowest BCUT2D eigenvalue weighted by atomic mass is 10.1. The van der Waals surface area contributed by atoms with Crippen LogP contribution in [0.1, 0.15) is 17.3 Å². The van der Waals surface area contributed by atoms with E-state index < -0.39 is 40.8 Å². The molecule has 0 unspecified atom stereocenters. The second-order valence-electron chi connectivity index (χ2n) is 7.01. The van der Waals surface area contributed by atoms with Crippen LogP contribution in [0.3, 0.4) is 0 Å². The van der Waals surface area contributed by atoms with Crippen LogP contribution in [0.25, 0.3) is 16.7 Å². The van der Waals surface area contributed by atoms with Gasteiger partial charge in [0, 0.05) is 26.4 Å². The van der Waals surface area contributed by atoms with Gasteiger partial charge in [-0.15, -0.1) is 0 Å². The summed E-state index contributed by atoms with van der Waals surface area (Å²) in [5.41, 5.74) is -1.82. The fraction of sp³-hybridized carbons (Fsp3) is 0.250. The summed E-state index contributed by atoms with van der Waals surface area (Å²) >= 11 is 0. The lowest BCUT2D eigenvalue weighted by Crippen LogP contribution is -2.44. The van der Waals surface area contributed by atoms with Crippen LogP contribution in [0.15, 0.2) is 41.3 Å². The van der Waals surface area contributed by atoms with Crippen molar-refractivity contribution in [2.45, 2.75) is 19.1 Å². The highest BCUT2D eigenvalue weighted by molar-refractivity contribution is 5.97. The number of amides is 1. The molecule has 1 atom stereocenters. The topological polar surface area (TPSA) is 67.2 Å². The van der Waals surface area contributed by atoms with E-state index in [1.807, 2.05) is 0 Å². The van der Waals surface area contributed by atoms with E-state index in [2.05, 4.69) is 4.98 Å². The van der Waals surface area contributed by atoms with Gasteiger partial charge in [0.05, 0.1) is 11.1 Å². The number of carbonyl (C=O) groups excluding carboxylic acids is 1. The zero-order valence-corrected chi connectivity index (χ0v) is 16.6. The molecule has 11 heteroatoms. The molecule has 0 aliphatic carbocycles. The van der Waals surface area contributed by atoms with Crippen LogP contribution >= 0.6 is 0 Å². The summed E-state index contributed by atoms with van der Waals surface area (Å²) < 4.78 is 67.4. The van der Waals surface area contributed by atoms with Crippen molar-refractivity contribution in [3.8, 4) is 5.69 Å². The number of fused-ring (bicyclic) bond motifs is 1. The van der Waals surface area contributed by atoms with Gasteiger partial charge in [-0.3, -0.25) is 14.2 Å². The average molecular weight is 440 g/mol. The Morgan fingerprint density at radius 3 is 2.42 bits per heavy atom. The highest BCUT2D eigenvalue weighted by Gasteiger charge is 2.37. The van der Waals surface area contributed by atoms with E-state index in [-0.39, 0.29) is 16.7 Å². The van der Waals surface area contributed by atoms with Gasteiger partial charge in [-0.05, 0) is 31.2 Å². The number of alkyl halides is 3. The number of rotatable bonds is 4. The molecule has 0 fully saturated rings. The van der Waals surface area contributed by atoms with E-state index in [0.717, 1.165) is 29.8 Å². The molecular weight excluding hydrogens is 423 g/mol. The predicted octanol–water partition coefficient (Wildman–Crippen LogP) is 3.41. The van der Waals surface area contributed by atoms with E-state index in [1.165, 1.54) is 12.1 Å². The maximum Gasteiger partial charge on any atom is 0.408 e. The van der Waals surface area contributed by atoms with Crippen LogP contribution in [0.2, 0.25) is 0 Å². The van der Waals surface area contributed by atoms with Crippen molar-refractivity contribution in [2.24, 2.45) is 0 Å². The molecule has 6 nitrogen and oxygen atoms in total. The van der Waals surface area contributed by atoms with Crippen LogP contribution in [0, 0.1) is 11.6 Å². The lowest BCUT2D eigenvalue weighted by Gasteiger charge is -2.19. The van der Waals surface area contributed by atoms with Crippen LogP contribution in [0.5, 0.6) is 0 Å². The Morgan fingerprint density at radius 1 is 1.16 bits per heavy atom. The first kappa shape index (κ1) is 22.2. The Hall–Kier alpha value is -3.50. The third-order valence-electron chi connectivity index (χ3n) is 4.55. The van der Waals surface area contributed by atoms with Crippen LogP contribution in [-0.4, -0.2) is 41.8 Å². The van der Waals surface area contributed by atoms with Crippen molar-refractivity contribution < 1.29 is 26.7 Å². The van der Waals surface area contributed by atoms with Crippen LogP contribution in [-0.2, 0) is 0 Å². The normalized spacial score (nSPS) is 12.6. The largest absolute Gasteiger partial charge is 0.408 e. The summed E-state index contributed by atoms with van der Waals surface area (Å²) in [6.07, 6.45) is -3.83. The number of nitrogens with one attached hydrogen (secondary N) is 1. The maximum atomic E-state index is 14.5. The standard InChI is InChI=1S/C20H17F5N4O2/c1-10(20(23,24)25)26-19(31)13-9-29(15-6-4-11(21)8-14(15)22)18-12(17(13)30)5-7-16(27-18)28(2)3/h4-10H,1-3H3,(H,26,31)/t10-/m0/s1. The van der Waals surface area contributed by atoms with Crippen molar-refractivity contribution in [3.05, 3.63) is 63.9 Å². The summed E-state index contributed by atoms with van der Waals surface area (Å²) in [6.45, 7) is 0.724. The fourth-order valence-corrected chi connectivity index (χ4v) is 2.82. The maximum absolute atomic E-state index is 14.5. The molecule has 164 valence electrons. The Kier molecular flexibility index (Phi) is 5.70. The van der Waals surface area contributed by atoms with Gasteiger partial charge in [0.15, 0.2) is 5.65 Å². The minimum absolute atomic E-state index is 0.0536. The third-order valence-corrected chi connectivity index (χ3v) is 4.55. The number of benzene rings is 1. The Bertz CT molecular complexity index is 1220. The quantitative estimate of drug-likeness (QED) is 0.632.